The second-order valence-electron chi connectivity index (χ2n) is 6.33. The van der Waals surface area contributed by atoms with E-state index in [0.29, 0.717) is 5.92 Å². The van der Waals surface area contributed by atoms with Crippen LogP contribution in [0.4, 0.5) is 0 Å². The SMILES string of the molecule is CCCC(CC)C(C)(c1ccccc1)c1ccc(C)cc1. The van der Waals surface area contributed by atoms with Gasteiger partial charge in [0, 0.05) is 5.41 Å². The van der Waals surface area contributed by atoms with Crippen molar-refractivity contribution in [2.45, 2.75) is 52.4 Å². The fourth-order valence-corrected chi connectivity index (χ4v) is 3.57. The molecule has 2 aromatic carbocycles. The predicted molar refractivity (Wildman–Crippen MR) is 92.8 cm³/mol. The van der Waals surface area contributed by atoms with Crippen molar-refractivity contribution in [2.24, 2.45) is 5.92 Å². The smallest absolute Gasteiger partial charge is 0.0202 e. The number of benzene rings is 2. The summed E-state index contributed by atoms with van der Waals surface area (Å²) in [5, 5.41) is 0. The quantitative estimate of drug-likeness (QED) is 0.597. The van der Waals surface area contributed by atoms with Gasteiger partial charge in [0.15, 0.2) is 0 Å². The summed E-state index contributed by atoms with van der Waals surface area (Å²) >= 11 is 0. The third-order valence-corrected chi connectivity index (χ3v) is 4.97. The lowest BCUT2D eigenvalue weighted by Crippen LogP contribution is -2.33. The number of hydrogen-bond donors (Lipinski definition) is 0. The van der Waals surface area contributed by atoms with E-state index in [1.165, 1.54) is 36.0 Å². The van der Waals surface area contributed by atoms with E-state index in [0.717, 1.165) is 0 Å². The van der Waals surface area contributed by atoms with E-state index >= 15 is 0 Å². The maximum atomic E-state index is 2.43. The van der Waals surface area contributed by atoms with Crippen LogP contribution in [0.15, 0.2) is 54.6 Å². The summed E-state index contributed by atoms with van der Waals surface area (Å²) in [6, 6.07) is 20.2. The summed E-state index contributed by atoms with van der Waals surface area (Å²) in [4.78, 5) is 0. The van der Waals surface area contributed by atoms with Gasteiger partial charge in [-0.25, -0.2) is 0 Å². The molecule has 0 aliphatic heterocycles. The Labute approximate surface area is 130 Å². The molecule has 0 radical (unpaired) electrons. The molecule has 0 amide bonds. The Morgan fingerprint density at radius 1 is 0.857 bits per heavy atom. The standard InChI is InChI=1S/C21H28/c1-5-10-18(6-2)21(4,19-11-8-7-9-12-19)20-15-13-17(3)14-16-20/h7-9,11-16,18H,5-6,10H2,1-4H3. The van der Waals surface area contributed by atoms with Gasteiger partial charge in [-0.2, -0.15) is 0 Å². The highest BCUT2D eigenvalue weighted by molar-refractivity contribution is 5.40. The van der Waals surface area contributed by atoms with Crippen molar-refractivity contribution >= 4 is 0 Å². The Morgan fingerprint density at radius 2 is 1.43 bits per heavy atom. The van der Waals surface area contributed by atoms with Crippen molar-refractivity contribution in [3.63, 3.8) is 0 Å². The van der Waals surface area contributed by atoms with Gasteiger partial charge in [-0.3, -0.25) is 0 Å². The molecule has 0 nitrogen and oxygen atoms in total. The van der Waals surface area contributed by atoms with Crippen LogP contribution < -0.4 is 0 Å². The van der Waals surface area contributed by atoms with Crippen LogP contribution in [0.2, 0.25) is 0 Å². The highest BCUT2D eigenvalue weighted by Gasteiger charge is 2.35. The van der Waals surface area contributed by atoms with Crippen LogP contribution in [0.1, 0.15) is 56.7 Å². The van der Waals surface area contributed by atoms with Crippen LogP contribution in [0, 0.1) is 12.8 Å². The molecular formula is C21H28. The molecule has 0 saturated carbocycles. The monoisotopic (exact) mass is 280 g/mol. The van der Waals surface area contributed by atoms with Gasteiger partial charge in [-0.1, -0.05) is 93.8 Å². The molecular weight excluding hydrogens is 252 g/mol. The van der Waals surface area contributed by atoms with Crippen molar-refractivity contribution < 1.29 is 0 Å². The molecule has 0 heterocycles. The van der Waals surface area contributed by atoms with Crippen LogP contribution in [-0.4, -0.2) is 0 Å². The van der Waals surface area contributed by atoms with Crippen LogP contribution in [0.3, 0.4) is 0 Å². The number of hydrogen-bond acceptors (Lipinski definition) is 0. The number of aryl methyl sites for hydroxylation is 1. The van der Waals surface area contributed by atoms with Crippen molar-refractivity contribution in [3.05, 3.63) is 71.3 Å². The average Bonchev–Trinajstić information content (AvgIpc) is 2.53. The molecule has 0 heteroatoms. The predicted octanol–water partition coefficient (Wildman–Crippen LogP) is 6.13. The van der Waals surface area contributed by atoms with Gasteiger partial charge in [0.25, 0.3) is 0 Å². The van der Waals surface area contributed by atoms with Crippen molar-refractivity contribution in [2.75, 3.05) is 0 Å². The Balaban J connectivity index is 2.55. The van der Waals surface area contributed by atoms with Crippen molar-refractivity contribution in [1.29, 1.82) is 0 Å². The van der Waals surface area contributed by atoms with Crippen LogP contribution >= 0.6 is 0 Å². The molecule has 2 rings (SSSR count). The minimum absolute atomic E-state index is 0.0969. The molecule has 2 aromatic rings. The van der Waals surface area contributed by atoms with Gasteiger partial charge in [-0.15, -0.1) is 0 Å². The summed E-state index contributed by atoms with van der Waals surface area (Å²) in [6.07, 6.45) is 3.73. The lowest BCUT2D eigenvalue weighted by atomic mass is 9.65. The largest absolute Gasteiger partial charge is 0.0654 e. The van der Waals surface area contributed by atoms with Crippen LogP contribution in [0.5, 0.6) is 0 Å². The zero-order valence-electron chi connectivity index (χ0n) is 13.9. The molecule has 0 N–H and O–H groups in total. The van der Waals surface area contributed by atoms with Gasteiger partial charge in [-0.05, 0) is 30.4 Å². The van der Waals surface area contributed by atoms with E-state index in [4.69, 9.17) is 0 Å². The fourth-order valence-electron chi connectivity index (χ4n) is 3.57. The highest BCUT2D eigenvalue weighted by Crippen LogP contribution is 2.42. The second kappa shape index (κ2) is 6.93. The van der Waals surface area contributed by atoms with E-state index in [-0.39, 0.29) is 5.41 Å². The lowest BCUT2D eigenvalue weighted by Gasteiger charge is -2.39. The molecule has 0 aromatic heterocycles. The Bertz CT molecular complexity index is 538. The van der Waals surface area contributed by atoms with Gasteiger partial charge in [0.1, 0.15) is 0 Å². The highest BCUT2D eigenvalue weighted by atomic mass is 14.4. The zero-order chi connectivity index (χ0) is 15.3. The van der Waals surface area contributed by atoms with E-state index in [1.807, 2.05) is 0 Å². The number of rotatable bonds is 6. The molecule has 2 unspecified atom stereocenters. The van der Waals surface area contributed by atoms with Crippen LogP contribution in [0.25, 0.3) is 0 Å². The Hall–Kier alpha value is -1.56. The third kappa shape index (κ3) is 3.20. The van der Waals surface area contributed by atoms with Gasteiger partial charge in [0.2, 0.25) is 0 Å². The van der Waals surface area contributed by atoms with E-state index < -0.39 is 0 Å². The van der Waals surface area contributed by atoms with E-state index in [2.05, 4.69) is 82.3 Å². The molecule has 2 atom stereocenters. The zero-order valence-corrected chi connectivity index (χ0v) is 13.9. The van der Waals surface area contributed by atoms with Crippen LogP contribution in [-0.2, 0) is 5.41 Å². The molecule has 112 valence electrons. The molecule has 0 spiro atoms. The third-order valence-electron chi connectivity index (χ3n) is 4.97. The summed E-state index contributed by atoms with van der Waals surface area (Å²) in [7, 11) is 0. The first-order valence-electron chi connectivity index (χ1n) is 8.25. The normalized spacial score (nSPS) is 15.4. The second-order valence-corrected chi connectivity index (χ2v) is 6.33. The molecule has 0 saturated heterocycles. The maximum Gasteiger partial charge on any atom is 0.0202 e. The van der Waals surface area contributed by atoms with Gasteiger partial charge >= 0.3 is 0 Å². The molecule has 0 aliphatic rings. The van der Waals surface area contributed by atoms with Crippen molar-refractivity contribution in [3.8, 4) is 0 Å². The summed E-state index contributed by atoms with van der Waals surface area (Å²) in [5.74, 6) is 0.674. The fraction of sp³-hybridized carbons (Fsp3) is 0.429. The minimum atomic E-state index is 0.0969. The van der Waals surface area contributed by atoms with Gasteiger partial charge < -0.3 is 0 Å². The maximum absolute atomic E-state index is 2.43. The first-order chi connectivity index (χ1) is 10.1. The van der Waals surface area contributed by atoms with E-state index in [9.17, 15) is 0 Å². The minimum Gasteiger partial charge on any atom is -0.0654 e. The van der Waals surface area contributed by atoms with Gasteiger partial charge in [0.05, 0.1) is 0 Å². The average molecular weight is 280 g/mol. The molecule has 0 aliphatic carbocycles. The summed E-state index contributed by atoms with van der Waals surface area (Å²) in [6.45, 7) is 9.21. The molecule has 0 fully saturated rings. The topological polar surface area (TPSA) is 0 Å². The molecule has 0 bridgehead atoms. The summed E-state index contributed by atoms with van der Waals surface area (Å²) in [5.41, 5.74) is 4.31. The lowest BCUT2D eigenvalue weighted by molar-refractivity contribution is 0.311. The van der Waals surface area contributed by atoms with E-state index in [1.54, 1.807) is 0 Å². The summed E-state index contributed by atoms with van der Waals surface area (Å²) < 4.78 is 0. The Kier molecular flexibility index (Phi) is 5.22. The van der Waals surface area contributed by atoms with Crippen molar-refractivity contribution in [1.82, 2.24) is 0 Å². The Morgan fingerprint density at radius 3 is 1.95 bits per heavy atom. The molecule has 21 heavy (non-hydrogen) atoms. The first-order valence-corrected chi connectivity index (χ1v) is 8.25. The first kappa shape index (κ1) is 15.8.